The van der Waals surface area contributed by atoms with E-state index in [0.29, 0.717) is 52.4 Å². The fourth-order valence-corrected chi connectivity index (χ4v) is 9.87. The van der Waals surface area contributed by atoms with Gasteiger partial charge in [-0.2, -0.15) is 0 Å². The first kappa shape index (κ1) is 54.7. The topological polar surface area (TPSA) is 213 Å². The molecule has 2 fully saturated rings. The second-order valence-corrected chi connectivity index (χ2v) is 19.8. The number of Topliss-reactive ketones (excluding diaryl/α,β-unsaturated/α-hetero) is 1. The zero-order chi connectivity index (χ0) is 52.6. The molecule has 4 heterocycles. The summed E-state index contributed by atoms with van der Waals surface area (Å²) in [6, 6.07) is 25.1. The summed E-state index contributed by atoms with van der Waals surface area (Å²) in [7, 11) is 3.47. The van der Waals surface area contributed by atoms with E-state index >= 15 is 0 Å². The molecule has 0 bridgehead atoms. The van der Waals surface area contributed by atoms with Crippen LogP contribution in [0.1, 0.15) is 93.6 Å². The molecule has 0 radical (unpaired) electrons. The zero-order valence-corrected chi connectivity index (χ0v) is 43.1. The number of rotatable bonds is 19. The largest absolute Gasteiger partial charge is 0.378 e. The Bertz CT molecular complexity index is 2750. The molecule has 4 amide bonds. The molecule has 0 aliphatic carbocycles. The number of aliphatic hydroxyl groups excluding tert-OH is 1. The maximum Gasteiger partial charge on any atom is 0.319 e. The molecule has 2 aliphatic rings. The lowest BCUT2D eigenvalue weighted by Crippen LogP contribution is -2.47. The van der Waals surface area contributed by atoms with Crippen LogP contribution in [0.15, 0.2) is 91.0 Å². The molecule has 2 aliphatic heterocycles. The number of urea groups is 2. The highest BCUT2D eigenvalue weighted by molar-refractivity contribution is 5.98. The molecule has 4 aromatic carbocycles. The summed E-state index contributed by atoms with van der Waals surface area (Å²) in [6.07, 6.45) is 8.52. The Morgan fingerprint density at radius 3 is 1.91 bits per heavy atom. The van der Waals surface area contributed by atoms with Gasteiger partial charge in [-0.05, 0) is 170 Å². The van der Waals surface area contributed by atoms with E-state index in [0.717, 1.165) is 95.2 Å². The first-order valence-electron chi connectivity index (χ1n) is 25.7. The number of piperidine rings is 2. The summed E-state index contributed by atoms with van der Waals surface area (Å²) in [4.78, 5) is 42.1. The number of benzene rings is 4. The third kappa shape index (κ3) is 16.5. The summed E-state index contributed by atoms with van der Waals surface area (Å²) >= 11 is 0. The van der Waals surface area contributed by atoms with E-state index < -0.39 is 6.23 Å². The Hall–Kier alpha value is -7.03. The average Bonchev–Trinajstić information content (AvgIpc) is 4.02. The number of carbonyl (C=O) groups is 3. The van der Waals surface area contributed by atoms with E-state index in [1.165, 1.54) is 47.9 Å². The molecule has 74 heavy (non-hydrogen) atoms. The summed E-state index contributed by atoms with van der Waals surface area (Å²) in [5.41, 5.74) is 5.32. The maximum atomic E-state index is 13.2. The molecule has 5 atom stereocenters. The molecular formula is C54H70F2N14O4. The zero-order valence-electron chi connectivity index (χ0n) is 43.1. The van der Waals surface area contributed by atoms with Gasteiger partial charge in [0, 0.05) is 86.8 Å². The summed E-state index contributed by atoms with van der Waals surface area (Å²) in [5, 5.41) is 45.8. The van der Waals surface area contributed by atoms with Crippen molar-refractivity contribution < 1.29 is 28.3 Å². The van der Waals surface area contributed by atoms with Gasteiger partial charge in [0.25, 0.3) is 0 Å². The lowest BCUT2D eigenvalue weighted by atomic mass is 9.91. The smallest absolute Gasteiger partial charge is 0.319 e. The van der Waals surface area contributed by atoms with Crippen LogP contribution >= 0.6 is 0 Å². The third-order valence-corrected chi connectivity index (χ3v) is 13.6. The van der Waals surface area contributed by atoms with Crippen molar-refractivity contribution in [3.63, 3.8) is 0 Å². The van der Waals surface area contributed by atoms with Crippen molar-refractivity contribution in [2.45, 2.75) is 103 Å². The standard InChI is InChI=1S/C27H34FN7O2.C27H36FN7O2/c1-18(10-12-35-11-4-5-21(17-35)13-20-6-8-24(28)9-7-20)29-27(37)30-25-15-22(19(2)36)14-23(16-25)26-31-32-33-34(26)3;1-3-6-23(29-27(37)30-24-9-4-8-21(16-24)26-31-32-33-34(26)2)17-25(36)35-14-5-7-20(18-35)15-19-10-12-22(28)13-11-19/h6-9,14-16,18,21H,4-5,10-13,17H2,1-3H3,(H2,29,30,37);4,8-13,16,20,23,25,36H,3,5-7,14-15,17-18H2,1-2H3,(H2,29,30,37)/t18-,21+;20-,23+,25-/m10/s1. The Morgan fingerprint density at radius 2 is 1.30 bits per heavy atom. The second kappa shape index (κ2) is 26.8. The molecule has 0 spiro atoms. The number of aliphatic hydroxyl groups is 1. The third-order valence-electron chi connectivity index (χ3n) is 13.6. The van der Waals surface area contributed by atoms with E-state index in [-0.39, 0.29) is 41.6 Å². The van der Waals surface area contributed by atoms with Crippen molar-refractivity contribution in [2.24, 2.45) is 25.9 Å². The molecule has 6 aromatic rings. The minimum absolute atomic E-state index is 0.0316. The number of anilines is 2. The predicted octanol–water partition coefficient (Wildman–Crippen LogP) is 8.04. The van der Waals surface area contributed by atoms with E-state index in [9.17, 15) is 28.3 Å². The molecule has 394 valence electrons. The van der Waals surface area contributed by atoms with Crippen molar-refractivity contribution in [2.75, 3.05) is 43.4 Å². The van der Waals surface area contributed by atoms with Crippen LogP contribution in [0.5, 0.6) is 0 Å². The quantitative estimate of drug-likeness (QED) is 0.0488. The van der Waals surface area contributed by atoms with Crippen LogP contribution in [0.2, 0.25) is 0 Å². The number of hydrogen-bond acceptors (Lipinski definition) is 12. The lowest BCUT2D eigenvalue weighted by Gasteiger charge is -2.37. The molecule has 0 saturated carbocycles. The van der Waals surface area contributed by atoms with Crippen molar-refractivity contribution in [3.8, 4) is 22.8 Å². The maximum absolute atomic E-state index is 13.2. The van der Waals surface area contributed by atoms with Gasteiger partial charge in [-0.15, -0.1) is 10.2 Å². The minimum Gasteiger partial charge on any atom is -0.378 e. The Balaban J connectivity index is 0.000000216. The SMILES string of the molecule is CC(=O)c1cc(NC(=O)N[C@H](C)CCN2CCC[C@@H](Cc3ccc(F)cc3)C2)cc(-c2nnnn2C)c1.CCC[C@H](C[C@H](O)N1CCC[C@@H](Cc2ccc(F)cc2)C1)NC(=O)Nc1cccc(-c2nnnn2C)c1. The van der Waals surface area contributed by atoms with Crippen LogP contribution in [0.3, 0.4) is 0 Å². The summed E-state index contributed by atoms with van der Waals surface area (Å²) < 4.78 is 29.5. The highest BCUT2D eigenvalue weighted by atomic mass is 19.1. The van der Waals surface area contributed by atoms with Gasteiger partial charge >= 0.3 is 12.1 Å². The van der Waals surface area contributed by atoms with Gasteiger partial charge in [-0.1, -0.05) is 49.7 Å². The average molecular weight is 1020 g/mol. The van der Waals surface area contributed by atoms with Crippen LogP contribution in [0.4, 0.5) is 29.7 Å². The fraction of sp³-hybridized carbons (Fsp3) is 0.463. The first-order valence-corrected chi connectivity index (χ1v) is 25.7. The van der Waals surface area contributed by atoms with Gasteiger partial charge in [0.05, 0.1) is 0 Å². The van der Waals surface area contributed by atoms with E-state index in [1.54, 1.807) is 37.0 Å². The Labute approximate surface area is 431 Å². The summed E-state index contributed by atoms with van der Waals surface area (Å²) in [6.45, 7) is 10.1. The van der Waals surface area contributed by atoms with Crippen LogP contribution < -0.4 is 21.3 Å². The number of carbonyl (C=O) groups excluding carboxylic acids is 3. The van der Waals surface area contributed by atoms with Crippen LogP contribution in [-0.4, -0.2) is 124 Å². The van der Waals surface area contributed by atoms with Gasteiger partial charge in [-0.3, -0.25) is 9.69 Å². The lowest BCUT2D eigenvalue weighted by molar-refractivity contribution is -0.0320. The van der Waals surface area contributed by atoms with Gasteiger partial charge < -0.3 is 31.3 Å². The number of aromatic nitrogens is 8. The van der Waals surface area contributed by atoms with E-state index in [4.69, 9.17) is 0 Å². The highest BCUT2D eigenvalue weighted by Crippen LogP contribution is 2.27. The van der Waals surface area contributed by atoms with E-state index in [2.05, 4.69) is 69.0 Å². The number of likely N-dealkylation sites (tertiary alicyclic amines) is 2. The molecular weight excluding hydrogens is 947 g/mol. The summed E-state index contributed by atoms with van der Waals surface area (Å²) in [5.74, 6) is 1.53. The van der Waals surface area contributed by atoms with Gasteiger partial charge in [-0.25, -0.2) is 27.7 Å². The normalized spacial score (nSPS) is 17.3. The van der Waals surface area contributed by atoms with Gasteiger partial charge in [0.1, 0.15) is 17.9 Å². The van der Waals surface area contributed by atoms with Crippen molar-refractivity contribution in [1.82, 2.24) is 60.8 Å². The number of halogens is 2. The Morgan fingerprint density at radius 1 is 0.716 bits per heavy atom. The molecule has 8 rings (SSSR count). The van der Waals surface area contributed by atoms with E-state index in [1.807, 2.05) is 55.5 Å². The molecule has 2 aromatic heterocycles. The van der Waals surface area contributed by atoms with Gasteiger partial charge in [0.15, 0.2) is 17.4 Å². The van der Waals surface area contributed by atoms with Crippen molar-refractivity contribution >= 4 is 29.2 Å². The molecule has 0 unspecified atom stereocenters. The Kier molecular flexibility index (Phi) is 19.8. The number of nitrogens with zero attached hydrogens (tertiary/aromatic N) is 10. The highest BCUT2D eigenvalue weighted by Gasteiger charge is 2.28. The minimum atomic E-state index is -0.639. The van der Waals surface area contributed by atoms with Crippen LogP contribution in [0, 0.1) is 23.5 Å². The second-order valence-electron chi connectivity index (χ2n) is 19.8. The first-order chi connectivity index (χ1) is 35.7. The molecule has 18 nitrogen and oxygen atoms in total. The van der Waals surface area contributed by atoms with Crippen molar-refractivity contribution in [1.29, 1.82) is 0 Å². The monoisotopic (exact) mass is 1020 g/mol. The predicted molar refractivity (Wildman–Crippen MR) is 280 cm³/mol. The number of aryl methyl sites for hydroxylation is 2. The number of ketones is 1. The number of tetrazole rings is 2. The van der Waals surface area contributed by atoms with Gasteiger partial charge in [0.2, 0.25) is 0 Å². The van der Waals surface area contributed by atoms with Crippen molar-refractivity contribution in [3.05, 3.63) is 119 Å². The number of nitrogens with one attached hydrogen (secondary N) is 4. The number of amides is 4. The molecule has 20 heteroatoms. The molecule has 5 N–H and O–H groups in total. The fourth-order valence-electron chi connectivity index (χ4n) is 9.87. The number of hydrogen-bond donors (Lipinski definition) is 5. The van der Waals surface area contributed by atoms with Crippen LogP contribution in [0.25, 0.3) is 22.8 Å². The van der Waals surface area contributed by atoms with Crippen LogP contribution in [-0.2, 0) is 26.9 Å². The molecule has 2 saturated heterocycles.